The summed E-state index contributed by atoms with van der Waals surface area (Å²) in [6, 6.07) is 9.89. The van der Waals surface area contributed by atoms with Crippen molar-refractivity contribution in [3.05, 3.63) is 59.7 Å². The molecule has 0 aliphatic rings. The summed E-state index contributed by atoms with van der Waals surface area (Å²) in [5.74, 6) is -1.22. The Morgan fingerprint density at radius 3 is 2.30 bits per heavy atom. The molecule has 0 saturated carbocycles. The van der Waals surface area contributed by atoms with Crippen molar-refractivity contribution < 1.29 is 26.5 Å². The molecule has 0 bridgehead atoms. The lowest BCUT2D eigenvalue weighted by Crippen LogP contribution is -2.03. The lowest BCUT2D eigenvalue weighted by Gasteiger charge is -2.08. The van der Waals surface area contributed by atoms with Gasteiger partial charge in [0.15, 0.2) is 0 Å². The molecule has 0 unspecified atom stereocenters. The number of rotatable bonds is 7. The molecule has 2 rings (SSSR count). The quantitative estimate of drug-likeness (QED) is 0.611. The van der Waals surface area contributed by atoms with Gasteiger partial charge in [0.2, 0.25) is 0 Å². The molecule has 0 saturated heterocycles. The van der Waals surface area contributed by atoms with E-state index in [9.17, 15) is 17.2 Å². The zero-order chi connectivity index (χ0) is 16.9. The van der Waals surface area contributed by atoms with Gasteiger partial charge in [-0.25, -0.2) is 8.78 Å². The first-order chi connectivity index (χ1) is 10.8. The molecule has 4 nitrogen and oxygen atoms in total. The van der Waals surface area contributed by atoms with Gasteiger partial charge in [-0.3, -0.25) is 4.55 Å². The summed E-state index contributed by atoms with van der Waals surface area (Å²) in [5.41, 5.74) is 0.898. The van der Waals surface area contributed by atoms with Crippen LogP contribution in [0.1, 0.15) is 18.4 Å². The lowest BCUT2D eigenvalue weighted by molar-refractivity contribution is 0.467. The molecule has 2 aromatic carbocycles. The standard InChI is InChI=1S/C16H16F2O4S/c17-13-9-14(18)11-16(10-13)22-15-6-3-5-12(8-15)4-1-2-7-23(19,20)21/h3,5-6,8-11H,1-2,4,7H2,(H,19,20,21). The molecule has 0 fully saturated rings. The third-order valence-electron chi connectivity index (χ3n) is 3.09. The van der Waals surface area contributed by atoms with Gasteiger partial charge in [-0.15, -0.1) is 0 Å². The Labute approximate surface area is 133 Å². The molecule has 1 N–H and O–H groups in total. The molecule has 0 aliphatic carbocycles. The van der Waals surface area contributed by atoms with Crippen LogP contribution in [-0.2, 0) is 16.5 Å². The van der Waals surface area contributed by atoms with E-state index in [0.717, 1.165) is 23.8 Å². The Bertz CT molecular complexity index is 755. The topological polar surface area (TPSA) is 63.6 Å². The van der Waals surface area contributed by atoms with Crippen LogP contribution >= 0.6 is 0 Å². The lowest BCUT2D eigenvalue weighted by atomic mass is 10.1. The van der Waals surface area contributed by atoms with Gasteiger partial charge in [0.1, 0.15) is 23.1 Å². The molecule has 124 valence electrons. The summed E-state index contributed by atoms with van der Waals surface area (Å²) in [7, 11) is -3.93. The second-order valence-electron chi connectivity index (χ2n) is 5.10. The van der Waals surface area contributed by atoms with Gasteiger partial charge >= 0.3 is 0 Å². The molecule has 0 amide bonds. The number of unbranched alkanes of at least 4 members (excludes halogenated alkanes) is 1. The van der Waals surface area contributed by atoms with Gasteiger partial charge in [0, 0.05) is 18.2 Å². The SMILES string of the molecule is O=S(=O)(O)CCCCc1cccc(Oc2cc(F)cc(F)c2)c1. The van der Waals surface area contributed by atoms with Crippen molar-refractivity contribution >= 4 is 10.1 Å². The average Bonchev–Trinajstić information content (AvgIpc) is 2.42. The van der Waals surface area contributed by atoms with E-state index in [-0.39, 0.29) is 11.5 Å². The normalized spacial score (nSPS) is 11.4. The molecule has 0 aliphatic heterocycles. The van der Waals surface area contributed by atoms with E-state index >= 15 is 0 Å². The van der Waals surface area contributed by atoms with Crippen molar-refractivity contribution in [3.63, 3.8) is 0 Å². The van der Waals surface area contributed by atoms with Crippen molar-refractivity contribution in [2.75, 3.05) is 5.75 Å². The molecule has 0 radical (unpaired) electrons. The smallest absolute Gasteiger partial charge is 0.264 e. The molecule has 0 spiro atoms. The largest absolute Gasteiger partial charge is 0.457 e. The summed E-state index contributed by atoms with van der Waals surface area (Å²) < 4.78 is 61.6. The van der Waals surface area contributed by atoms with Crippen LogP contribution in [0, 0.1) is 11.6 Å². The summed E-state index contributed by atoms with van der Waals surface area (Å²) >= 11 is 0. The third kappa shape index (κ3) is 6.33. The van der Waals surface area contributed by atoms with E-state index < -0.39 is 21.8 Å². The number of hydrogen-bond acceptors (Lipinski definition) is 3. The average molecular weight is 342 g/mol. The minimum atomic E-state index is -3.93. The van der Waals surface area contributed by atoms with E-state index in [2.05, 4.69) is 0 Å². The van der Waals surface area contributed by atoms with Gasteiger partial charge in [-0.2, -0.15) is 8.42 Å². The first kappa shape index (κ1) is 17.4. The van der Waals surface area contributed by atoms with Gasteiger partial charge < -0.3 is 4.74 Å². The highest BCUT2D eigenvalue weighted by atomic mass is 32.2. The predicted octanol–water partition coefficient (Wildman–Crippen LogP) is 3.97. The Morgan fingerprint density at radius 2 is 1.65 bits per heavy atom. The van der Waals surface area contributed by atoms with Gasteiger partial charge in [-0.1, -0.05) is 12.1 Å². The van der Waals surface area contributed by atoms with Crippen molar-refractivity contribution in [1.82, 2.24) is 0 Å². The van der Waals surface area contributed by atoms with Crippen LogP contribution < -0.4 is 4.74 Å². The number of benzene rings is 2. The van der Waals surface area contributed by atoms with Crippen LogP contribution in [0.25, 0.3) is 0 Å². The number of hydrogen-bond donors (Lipinski definition) is 1. The van der Waals surface area contributed by atoms with Crippen LogP contribution in [-0.4, -0.2) is 18.7 Å². The van der Waals surface area contributed by atoms with E-state index in [4.69, 9.17) is 9.29 Å². The van der Waals surface area contributed by atoms with Crippen LogP contribution in [0.3, 0.4) is 0 Å². The minimum absolute atomic E-state index is 0.0611. The van der Waals surface area contributed by atoms with Crippen molar-refractivity contribution in [3.8, 4) is 11.5 Å². The summed E-state index contributed by atoms with van der Waals surface area (Å²) in [4.78, 5) is 0. The molecule has 7 heteroatoms. The van der Waals surface area contributed by atoms with Gasteiger partial charge in [0.05, 0.1) is 5.75 Å². The van der Waals surface area contributed by atoms with Crippen LogP contribution in [0.2, 0.25) is 0 Å². The van der Waals surface area contributed by atoms with E-state index in [1.165, 1.54) is 0 Å². The summed E-state index contributed by atoms with van der Waals surface area (Å²) in [6.45, 7) is 0. The Balaban J connectivity index is 1.96. The maximum absolute atomic E-state index is 13.1. The second-order valence-corrected chi connectivity index (χ2v) is 6.67. The highest BCUT2D eigenvalue weighted by molar-refractivity contribution is 7.85. The fourth-order valence-electron chi connectivity index (χ4n) is 2.10. The van der Waals surface area contributed by atoms with Crippen LogP contribution in [0.5, 0.6) is 11.5 Å². The van der Waals surface area contributed by atoms with E-state index in [0.29, 0.717) is 25.0 Å². The van der Waals surface area contributed by atoms with Crippen molar-refractivity contribution in [1.29, 1.82) is 0 Å². The first-order valence-corrected chi connectivity index (χ1v) is 8.61. The minimum Gasteiger partial charge on any atom is -0.457 e. The van der Waals surface area contributed by atoms with Crippen molar-refractivity contribution in [2.24, 2.45) is 0 Å². The molecule has 0 aromatic heterocycles. The fraction of sp³-hybridized carbons (Fsp3) is 0.250. The van der Waals surface area contributed by atoms with E-state index in [1.807, 2.05) is 6.07 Å². The number of ether oxygens (including phenoxy) is 1. The van der Waals surface area contributed by atoms with Crippen LogP contribution in [0.4, 0.5) is 8.78 Å². The maximum atomic E-state index is 13.1. The Hall–Kier alpha value is -1.99. The Kier molecular flexibility index (Phi) is 5.68. The molecular formula is C16H16F2O4S. The molecule has 2 aromatic rings. The zero-order valence-corrected chi connectivity index (χ0v) is 13.0. The first-order valence-electron chi connectivity index (χ1n) is 7.00. The molecule has 23 heavy (non-hydrogen) atoms. The molecular weight excluding hydrogens is 326 g/mol. The zero-order valence-electron chi connectivity index (χ0n) is 12.2. The summed E-state index contributed by atoms with van der Waals surface area (Å²) in [5, 5.41) is 0. The van der Waals surface area contributed by atoms with Gasteiger partial charge in [0.25, 0.3) is 10.1 Å². The molecule has 0 atom stereocenters. The second kappa shape index (κ2) is 7.52. The Morgan fingerprint density at radius 1 is 0.957 bits per heavy atom. The predicted molar refractivity (Wildman–Crippen MR) is 82.2 cm³/mol. The van der Waals surface area contributed by atoms with Crippen molar-refractivity contribution in [2.45, 2.75) is 19.3 Å². The fourth-order valence-corrected chi connectivity index (χ4v) is 2.67. The number of aryl methyl sites for hydroxylation is 1. The summed E-state index contributed by atoms with van der Waals surface area (Å²) in [6.07, 6.45) is 1.53. The van der Waals surface area contributed by atoms with Gasteiger partial charge in [-0.05, 0) is 37.0 Å². The monoisotopic (exact) mass is 342 g/mol. The number of halogens is 2. The maximum Gasteiger partial charge on any atom is 0.264 e. The van der Waals surface area contributed by atoms with Crippen LogP contribution in [0.15, 0.2) is 42.5 Å². The highest BCUT2D eigenvalue weighted by Gasteiger charge is 2.06. The highest BCUT2D eigenvalue weighted by Crippen LogP contribution is 2.24. The van der Waals surface area contributed by atoms with E-state index in [1.54, 1.807) is 18.2 Å². The molecule has 0 heterocycles. The third-order valence-corrected chi connectivity index (χ3v) is 3.89.